The van der Waals surface area contributed by atoms with Gasteiger partial charge in [-0.25, -0.2) is 8.42 Å². The number of nitrogens with zero attached hydrogens (tertiary/aromatic N) is 2. The number of piperidine rings is 1. The van der Waals surface area contributed by atoms with E-state index < -0.39 is 15.8 Å². The first-order valence-corrected chi connectivity index (χ1v) is 10.2. The van der Waals surface area contributed by atoms with Gasteiger partial charge in [0.2, 0.25) is 10.0 Å². The highest BCUT2D eigenvalue weighted by Crippen LogP contribution is 2.34. The van der Waals surface area contributed by atoms with Crippen molar-refractivity contribution in [1.29, 1.82) is 0 Å². The molecule has 7 nitrogen and oxygen atoms in total. The Labute approximate surface area is 152 Å². The molecule has 0 unspecified atom stereocenters. The molecular formula is C18H22N2O5S. The third kappa shape index (κ3) is 2.96. The van der Waals surface area contributed by atoms with Gasteiger partial charge in [0, 0.05) is 31.5 Å². The first-order chi connectivity index (χ1) is 12.4. The van der Waals surface area contributed by atoms with Crippen LogP contribution in [0.4, 0.5) is 0 Å². The molecule has 1 aromatic heterocycles. The number of ether oxygens (including phenoxy) is 2. The molecule has 8 heteroatoms. The van der Waals surface area contributed by atoms with Crippen LogP contribution in [0.15, 0.2) is 33.7 Å². The number of rotatable bonds is 3. The van der Waals surface area contributed by atoms with Gasteiger partial charge in [-0.2, -0.15) is 4.31 Å². The van der Waals surface area contributed by atoms with Crippen LogP contribution in [0.2, 0.25) is 0 Å². The third-order valence-corrected chi connectivity index (χ3v) is 7.02. The summed E-state index contributed by atoms with van der Waals surface area (Å²) in [6, 6.07) is 6.88. The third-order valence-electron chi connectivity index (χ3n) is 5.11. The van der Waals surface area contributed by atoms with Crippen molar-refractivity contribution >= 4 is 10.0 Å². The second-order valence-corrected chi connectivity index (χ2v) is 8.67. The van der Waals surface area contributed by atoms with Crippen LogP contribution in [0, 0.1) is 13.8 Å². The Bertz CT molecular complexity index is 869. The fraction of sp³-hybridized carbons (Fsp3) is 0.500. The summed E-state index contributed by atoms with van der Waals surface area (Å²) in [5.41, 5.74) is 2.59. The van der Waals surface area contributed by atoms with Gasteiger partial charge in [0.15, 0.2) is 5.79 Å². The summed E-state index contributed by atoms with van der Waals surface area (Å²) in [6.07, 6.45) is 1.12. The summed E-state index contributed by atoms with van der Waals surface area (Å²) in [5, 5.41) is 3.95. The lowest BCUT2D eigenvalue weighted by molar-refractivity contribution is -0.179. The van der Waals surface area contributed by atoms with E-state index in [0.717, 1.165) is 22.6 Å². The van der Waals surface area contributed by atoms with E-state index in [2.05, 4.69) is 5.16 Å². The standard InChI is InChI=1S/C18H22N2O5S/c1-13-17(14(2)25-19-13)15-3-5-16(6-4-15)26(21,22)20-9-7-18(8-10-20)23-11-12-24-18/h3-6H,7-12H2,1-2H3. The zero-order chi connectivity index (χ0) is 18.4. The van der Waals surface area contributed by atoms with Crippen molar-refractivity contribution in [2.75, 3.05) is 26.3 Å². The van der Waals surface area contributed by atoms with Crippen LogP contribution in [-0.4, -0.2) is 50.0 Å². The largest absolute Gasteiger partial charge is 0.361 e. The molecule has 3 heterocycles. The van der Waals surface area contributed by atoms with Crippen LogP contribution in [0.25, 0.3) is 11.1 Å². The van der Waals surface area contributed by atoms with Crippen molar-refractivity contribution in [3.8, 4) is 11.1 Å². The molecule has 0 atom stereocenters. The lowest BCUT2D eigenvalue weighted by Crippen LogP contribution is -2.47. The maximum absolute atomic E-state index is 12.9. The SMILES string of the molecule is Cc1noc(C)c1-c1ccc(S(=O)(=O)N2CCC3(CC2)OCCO3)cc1. The van der Waals surface area contributed by atoms with Gasteiger partial charge in [-0.05, 0) is 31.5 Å². The zero-order valence-corrected chi connectivity index (χ0v) is 15.7. The van der Waals surface area contributed by atoms with Crippen LogP contribution in [0.3, 0.4) is 0 Å². The quantitative estimate of drug-likeness (QED) is 0.816. The second-order valence-electron chi connectivity index (χ2n) is 6.74. The Kier molecular flexibility index (Phi) is 4.38. The highest BCUT2D eigenvalue weighted by Gasteiger charge is 2.42. The number of benzene rings is 1. The number of hydrogen-bond acceptors (Lipinski definition) is 6. The molecule has 2 fully saturated rings. The zero-order valence-electron chi connectivity index (χ0n) is 14.9. The highest BCUT2D eigenvalue weighted by atomic mass is 32.2. The summed E-state index contributed by atoms with van der Waals surface area (Å²) in [4.78, 5) is 0.289. The molecule has 0 aliphatic carbocycles. The number of aromatic nitrogens is 1. The molecule has 1 spiro atoms. The normalized spacial score (nSPS) is 20.7. The van der Waals surface area contributed by atoms with Crippen LogP contribution < -0.4 is 0 Å². The fourth-order valence-electron chi connectivity index (χ4n) is 3.69. The number of sulfonamides is 1. The number of hydrogen-bond donors (Lipinski definition) is 0. The summed E-state index contributed by atoms with van der Waals surface area (Å²) >= 11 is 0. The molecule has 26 heavy (non-hydrogen) atoms. The molecule has 0 N–H and O–H groups in total. The molecule has 2 saturated heterocycles. The van der Waals surface area contributed by atoms with Crippen LogP contribution >= 0.6 is 0 Å². The number of aryl methyl sites for hydroxylation is 2. The van der Waals surface area contributed by atoms with Crippen LogP contribution in [0.5, 0.6) is 0 Å². The Morgan fingerprint density at radius 2 is 1.65 bits per heavy atom. The van der Waals surface area contributed by atoms with Crippen molar-refractivity contribution in [3.63, 3.8) is 0 Å². The van der Waals surface area contributed by atoms with Gasteiger partial charge in [0.1, 0.15) is 5.76 Å². The first-order valence-electron chi connectivity index (χ1n) is 8.73. The van der Waals surface area contributed by atoms with Gasteiger partial charge in [0.05, 0.1) is 23.8 Å². The predicted molar refractivity (Wildman–Crippen MR) is 94.0 cm³/mol. The van der Waals surface area contributed by atoms with Crippen molar-refractivity contribution in [2.45, 2.75) is 37.4 Å². The van der Waals surface area contributed by atoms with Gasteiger partial charge in [-0.3, -0.25) is 0 Å². The predicted octanol–water partition coefficient (Wildman–Crippen LogP) is 2.49. The average Bonchev–Trinajstić information content (AvgIpc) is 3.22. The van der Waals surface area contributed by atoms with Crippen molar-refractivity contribution in [3.05, 3.63) is 35.7 Å². The van der Waals surface area contributed by atoms with Crippen molar-refractivity contribution < 1.29 is 22.4 Å². The van der Waals surface area contributed by atoms with E-state index in [1.807, 2.05) is 13.8 Å². The Morgan fingerprint density at radius 3 is 2.19 bits per heavy atom. The summed E-state index contributed by atoms with van der Waals surface area (Å²) in [6.45, 7) is 5.66. The lowest BCUT2D eigenvalue weighted by atomic mass is 10.0. The minimum absolute atomic E-state index is 0.289. The van der Waals surface area contributed by atoms with Crippen molar-refractivity contribution in [1.82, 2.24) is 9.46 Å². The molecular weight excluding hydrogens is 356 g/mol. The first kappa shape index (κ1) is 17.7. The van der Waals surface area contributed by atoms with E-state index in [-0.39, 0.29) is 4.90 Å². The van der Waals surface area contributed by atoms with Crippen LogP contribution in [0.1, 0.15) is 24.3 Å². The van der Waals surface area contributed by atoms with E-state index in [0.29, 0.717) is 39.1 Å². The Hall–Kier alpha value is -1.74. The summed E-state index contributed by atoms with van der Waals surface area (Å²) in [7, 11) is -3.53. The monoisotopic (exact) mass is 378 g/mol. The highest BCUT2D eigenvalue weighted by molar-refractivity contribution is 7.89. The van der Waals surface area contributed by atoms with Crippen LogP contribution in [-0.2, 0) is 19.5 Å². The molecule has 2 aromatic rings. The average molecular weight is 378 g/mol. The molecule has 1 aromatic carbocycles. The van der Waals surface area contributed by atoms with Gasteiger partial charge >= 0.3 is 0 Å². The topological polar surface area (TPSA) is 81.9 Å². The van der Waals surface area contributed by atoms with E-state index >= 15 is 0 Å². The van der Waals surface area contributed by atoms with E-state index in [9.17, 15) is 8.42 Å². The van der Waals surface area contributed by atoms with Crippen molar-refractivity contribution in [2.24, 2.45) is 0 Å². The van der Waals surface area contributed by atoms with E-state index in [1.165, 1.54) is 4.31 Å². The van der Waals surface area contributed by atoms with Gasteiger partial charge in [0.25, 0.3) is 0 Å². The summed E-state index contributed by atoms with van der Waals surface area (Å²) < 4.78 is 43.9. The van der Waals surface area contributed by atoms with Gasteiger partial charge < -0.3 is 14.0 Å². The molecule has 0 amide bonds. The smallest absolute Gasteiger partial charge is 0.243 e. The molecule has 4 rings (SSSR count). The van der Waals surface area contributed by atoms with E-state index in [4.69, 9.17) is 14.0 Å². The maximum atomic E-state index is 12.9. The molecule has 0 bridgehead atoms. The van der Waals surface area contributed by atoms with Gasteiger partial charge in [-0.15, -0.1) is 0 Å². The minimum Gasteiger partial charge on any atom is -0.361 e. The van der Waals surface area contributed by atoms with E-state index in [1.54, 1.807) is 24.3 Å². The molecule has 0 radical (unpaired) electrons. The molecule has 2 aliphatic rings. The van der Waals surface area contributed by atoms with Gasteiger partial charge in [-0.1, -0.05) is 17.3 Å². The minimum atomic E-state index is -3.53. The second kappa shape index (κ2) is 6.45. The molecule has 2 aliphatic heterocycles. The lowest BCUT2D eigenvalue weighted by Gasteiger charge is -2.36. The summed E-state index contributed by atoms with van der Waals surface area (Å²) in [5.74, 6) is 0.134. The fourth-order valence-corrected chi connectivity index (χ4v) is 5.13. The Morgan fingerprint density at radius 1 is 1.04 bits per heavy atom. The maximum Gasteiger partial charge on any atom is 0.243 e. The molecule has 140 valence electrons. The molecule has 0 saturated carbocycles. The Balaban J connectivity index is 1.53.